The molecular formula is C20H20N4O4. The number of carbonyl (C=O) groups is 1. The number of amides is 1. The van der Waals surface area contributed by atoms with E-state index in [-0.39, 0.29) is 23.5 Å². The summed E-state index contributed by atoms with van der Waals surface area (Å²) in [5.74, 6) is 0.0474. The Balaban J connectivity index is 1.79. The van der Waals surface area contributed by atoms with Crippen LogP contribution in [0.1, 0.15) is 12.5 Å². The quantitative estimate of drug-likeness (QED) is 0.676. The number of hydrogen-bond donors (Lipinski definition) is 0. The van der Waals surface area contributed by atoms with Crippen LogP contribution >= 0.6 is 0 Å². The summed E-state index contributed by atoms with van der Waals surface area (Å²) in [5.41, 5.74) is 0.985. The third kappa shape index (κ3) is 2.77. The average Bonchev–Trinajstić information content (AvgIpc) is 3.14. The fourth-order valence-electron chi connectivity index (χ4n) is 3.62. The van der Waals surface area contributed by atoms with E-state index in [0.29, 0.717) is 18.9 Å². The van der Waals surface area contributed by atoms with Crippen LogP contribution < -0.4 is 20.9 Å². The molecule has 28 heavy (non-hydrogen) atoms. The number of rotatable bonds is 4. The summed E-state index contributed by atoms with van der Waals surface area (Å²) in [4.78, 5) is 44.5. The van der Waals surface area contributed by atoms with E-state index in [1.54, 1.807) is 17.9 Å². The highest BCUT2D eigenvalue weighted by molar-refractivity contribution is 5.95. The second-order valence-electron chi connectivity index (χ2n) is 6.60. The lowest BCUT2D eigenvalue weighted by molar-refractivity contribution is -0.119. The minimum atomic E-state index is -0.584. The molecule has 8 heteroatoms. The van der Waals surface area contributed by atoms with E-state index in [9.17, 15) is 14.4 Å². The van der Waals surface area contributed by atoms with Gasteiger partial charge in [0.2, 0.25) is 5.91 Å². The number of ether oxygens (including phenoxy) is 1. The van der Waals surface area contributed by atoms with Crippen molar-refractivity contribution in [3.8, 4) is 5.75 Å². The number of anilines is 1. The second kappa shape index (κ2) is 6.95. The van der Waals surface area contributed by atoms with Gasteiger partial charge in [-0.1, -0.05) is 18.2 Å². The van der Waals surface area contributed by atoms with Gasteiger partial charge >= 0.3 is 5.69 Å². The van der Waals surface area contributed by atoms with Gasteiger partial charge in [-0.3, -0.25) is 14.2 Å². The van der Waals surface area contributed by atoms with Crippen LogP contribution in [0.5, 0.6) is 5.75 Å². The summed E-state index contributed by atoms with van der Waals surface area (Å²) >= 11 is 0. The number of aromatic nitrogens is 3. The van der Waals surface area contributed by atoms with E-state index in [4.69, 9.17) is 4.74 Å². The SMILES string of the molecule is CCOc1ccnc2c1c(=O)n(CC(=O)N1CCc3ccccc31)c(=O)n2C. The van der Waals surface area contributed by atoms with E-state index in [1.165, 1.54) is 17.8 Å². The maximum absolute atomic E-state index is 13.1. The third-order valence-corrected chi connectivity index (χ3v) is 4.97. The summed E-state index contributed by atoms with van der Waals surface area (Å²) in [6, 6.07) is 9.23. The highest BCUT2D eigenvalue weighted by Gasteiger charge is 2.26. The van der Waals surface area contributed by atoms with Gasteiger partial charge in [0.05, 0.1) is 6.61 Å². The van der Waals surface area contributed by atoms with Gasteiger partial charge < -0.3 is 9.64 Å². The molecule has 8 nitrogen and oxygen atoms in total. The zero-order valence-electron chi connectivity index (χ0n) is 15.7. The molecule has 0 aliphatic carbocycles. The fourth-order valence-corrected chi connectivity index (χ4v) is 3.62. The van der Waals surface area contributed by atoms with Crippen molar-refractivity contribution in [2.75, 3.05) is 18.1 Å². The molecule has 1 aliphatic rings. The Morgan fingerprint density at radius 1 is 1.21 bits per heavy atom. The predicted octanol–water partition coefficient (Wildman–Crippen LogP) is 1.08. The van der Waals surface area contributed by atoms with Crippen molar-refractivity contribution in [1.29, 1.82) is 0 Å². The van der Waals surface area contributed by atoms with E-state index >= 15 is 0 Å². The molecule has 0 radical (unpaired) electrons. The lowest BCUT2D eigenvalue weighted by Gasteiger charge is -2.18. The van der Waals surface area contributed by atoms with Crippen LogP contribution in [-0.4, -0.2) is 33.2 Å². The Morgan fingerprint density at radius 3 is 2.79 bits per heavy atom. The normalized spacial score (nSPS) is 13.0. The monoisotopic (exact) mass is 380 g/mol. The highest BCUT2D eigenvalue weighted by atomic mass is 16.5. The number of carbonyl (C=O) groups excluding carboxylic acids is 1. The minimum absolute atomic E-state index is 0.195. The van der Waals surface area contributed by atoms with Crippen LogP contribution in [0.4, 0.5) is 5.69 Å². The number of nitrogens with zero attached hydrogens (tertiary/aromatic N) is 4. The van der Waals surface area contributed by atoms with Crippen LogP contribution in [0.2, 0.25) is 0 Å². The van der Waals surface area contributed by atoms with Gasteiger partial charge in [0, 0.05) is 25.5 Å². The van der Waals surface area contributed by atoms with Crippen LogP contribution in [0.3, 0.4) is 0 Å². The Labute approximate surface area is 160 Å². The first kappa shape index (κ1) is 18.0. The van der Waals surface area contributed by atoms with Crippen LogP contribution in [-0.2, 0) is 24.8 Å². The maximum atomic E-state index is 13.1. The summed E-state index contributed by atoms with van der Waals surface area (Å²) in [5, 5.41) is 0.195. The molecule has 4 rings (SSSR count). The van der Waals surface area contributed by atoms with E-state index in [1.807, 2.05) is 24.3 Å². The van der Waals surface area contributed by atoms with Gasteiger partial charge in [-0.25, -0.2) is 14.3 Å². The molecule has 0 N–H and O–H groups in total. The predicted molar refractivity (Wildman–Crippen MR) is 105 cm³/mol. The molecule has 1 aliphatic heterocycles. The minimum Gasteiger partial charge on any atom is -0.493 e. The smallest absolute Gasteiger partial charge is 0.332 e. The van der Waals surface area contributed by atoms with Gasteiger partial charge in [-0.15, -0.1) is 0 Å². The summed E-state index contributed by atoms with van der Waals surface area (Å²) < 4.78 is 7.76. The molecule has 0 spiro atoms. The molecule has 1 aromatic carbocycles. The van der Waals surface area contributed by atoms with Gasteiger partial charge in [-0.05, 0) is 31.0 Å². The molecule has 0 saturated carbocycles. The molecule has 144 valence electrons. The lowest BCUT2D eigenvalue weighted by Crippen LogP contribution is -2.44. The van der Waals surface area contributed by atoms with Crippen molar-refractivity contribution in [1.82, 2.24) is 14.1 Å². The first-order valence-corrected chi connectivity index (χ1v) is 9.12. The number of fused-ring (bicyclic) bond motifs is 2. The Morgan fingerprint density at radius 2 is 2.00 bits per heavy atom. The molecular weight excluding hydrogens is 360 g/mol. The van der Waals surface area contributed by atoms with Crippen molar-refractivity contribution >= 4 is 22.6 Å². The molecule has 3 heterocycles. The molecule has 0 unspecified atom stereocenters. The van der Waals surface area contributed by atoms with E-state index in [2.05, 4.69) is 4.98 Å². The molecule has 2 aromatic heterocycles. The Hall–Kier alpha value is -3.42. The Kier molecular flexibility index (Phi) is 4.46. The van der Waals surface area contributed by atoms with Gasteiger partial charge in [-0.2, -0.15) is 0 Å². The third-order valence-electron chi connectivity index (χ3n) is 4.97. The van der Waals surface area contributed by atoms with E-state index < -0.39 is 11.2 Å². The largest absolute Gasteiger partial charge is 0.493 e. The average molecular weight is 380 g/mol. The van der Waals surface area contributed by atoms with Crippen LogP contribution in [0.25, 0.3) is 11.0 Å². The number of hydrogen-bond acceptors (Lipinski definition) is 5. The first-order chi connectivity index (χ1) is 13.5. The second-order valence-corrected chi connectivity index (χ2v) is 6.60. The fraction of sp³-hybridized carbons (Fsp3) is 0.300. The van der Waals surface area contributed by atoms with Crippen molar-refractivity contribution in [3.05, 3.63) is 62.9 Å². The molecule has 0 fully saturated rings. The van der Waals surface area contributed by atoms with E-state index in [0.717, 1.165) is 22.2 Å². The van der Waals surface area contributed by atoms with Gasteiger partial charge in [0.1, 0.15) is 17.7 Å². The number of para-hydroxylation sites is 1. The standard InChI is InChI=1S/C20H20N4O4/c1-3-28-15-8-10-21-18-17(15)19(26)24(20(27)22(18)2)12-16(25)23-11-9-13-6-4-5-7-14(13)23/h4-8,10H,3,9,11-12H2,1-2H3. The van der Waals surface area contributed by atoms with Crippen molar-refractivity contribution in [2.45, 2.75) is 19.9 Å². The van der Waals surface area contributed by atoms with Crippen molar-refractivity contribution in [3.63, 3.8) is 0 Å². The zero-order valence-corrected chi connectivity index (χ0v) is 15.7. The topological polar surface area (TPSA) is 86.4 Å². The Bertz CT molecular complexity index is 1200. The zero-order chi connectivity index (χ0) is 19.8. The number of pyridine rings is 1. The molecule has 0 saturated heterocycles. The number of benzene rings is 1. The van der Waals surface area contributed by atoms with Crippen LogP contribution in [0, 0.1) is 0 Å². The number of aryl methyl sites for hydroxylation is 1. The summed E-state index contributed by atoms with van der Waals surface area (Å²) in [6.45, 7) is 2.37. The maximum Gasteiger partial charge on any atom is 0.332 e. The molecule has 3 aromatic rings. The lowest BCUT2D eigenvalue weighted by atomic mass is 10.2. The molecule has 1 amide bonds. The molecule has 0 atom stereocenters. The van der Waals surface area contributed by atoms with Crippen molar-refractivity contribution < 1.29 is 9.53 Å². The van der Waals surface area contributed by atoms with Gasteiger partial charge in [0.15, 0.2) is 5.65 Å². The summed E-state index contributed by atoms with van der Waals surface area (Å²) in [7, 11) is 1.53. The van der Waals surface area contributed by atoms with Crippen LogP contribution in [0.15, 0.2) is 46.1 Å². The van der Waals surface area contributed by atoms with Gasteiger partial charge in [0.25, 0.3) is 5.56 Å². The first-order valence-electron chi connectivity index (χ1n) is 9.12. The van der Waals surface area contributed by atoms with Crippen molar-refractivity contribution in [2.24, 2.45) is 7.05 Å². The summed E-state index contributed by atoms with van der Waals surface area (Å²) in [6.07, 6.45) is 2.24. The highest BCUT2D eigenvalue weighted by Crippen LogP contribution is 2.27. The molecule has 0 bridgehead atoms.